The van der Waals surface area contributed by atoms with Crippen molar-refractivity contribution in [2.45, 2.75) is 19.5 Å². The molecule has 0 aliphatic heterocycles. The third-order valence-corrected chi connectivity index (χ3v) is 5.46. The van der Waals surface area contributed by atoms with Crippen molar-refractivity contribution in [1.82, 2.24) is 15.5 Å². The second-order valence-electron chi connectivity index (χ2n) is 7.55. The van der Waals surface area contributed by atoms with Crippen molar-refractivity contribution in [3.05, 3.63) is 59.4 Å². The van der Waals surface area contributed by atoms with Gasteiger partial charge in [-0.15, -0.1) is 0 Å². The molecule has 0 spiro atoms. The summed E-state index contributed by atoms with van der Waals surface area (Å²) in [6.07, 6.45) is 0. The van der Waals surface area contributed by atoms with Crippen LogP contribution in [0.4, 0.5) is 0 Å². The number of rotatable bonds is 8. The number of aliphatic imine (C=N–C) groups is 1. The van der Waals surface area contributed by atoms with Crippen molar-refractivity contribution in [2.75, 3.05) is 41.9 Å². The van der Waals surface area contributed by atoms with Gasteiger partial charge in [0.25, 0.3) is 0 Å². The van der Waals surface area contributed by atoms with Gasteiger partial charge in [-0.3, -0.25) is 4.99 Å². The molecule has 31 heavy (non-hydrogen) atoms. The molecule has 2 aromatic carbocycles. The molecule has 7 heteroatoms. The highest BCUT2D eigenvalue weighted by Gasteiger charge is 2.17. The molecular weight excluding hydrogens is 392 g/mol. The number of likely N-dealkylation sites (N-methyl/N-ethyl adjacent to an activating group) is 1. The quantitative estimate of drug-likeness (QED) is 0.424. The standard InChI is InChI=1S/C24H32N4O3/c1-16-18-9-7-8-10-20(18)31-23(16)15-27-24(25-2)26-14-19(28(3)4)17-11-12-21(29-5)22(13-17)30-6/h7-13,19H,14-15H2,1-6H3,(H2,25,26,27). The molecule has 1 unspecified atom stereocenters. The van der Waals surface area contributed by atoms with Gasteiger partial charge in [0.05, 0.1) is 26.8 Å². The minimum absolute atomic E-state index is 0.117. The maximum Gasteiger partial charge on any atom is 0.191 e. The van der Waals surface area contributed by atoms with E-state index < -0.39 is 0 Å². The number of para-hydroxylation sites is 1. The highest BCUT2D eigenvalue weighted by molar-refractivity contribution is 5.83. The van der Waals surface area contributed by atoms with Gasteiger partial charge in [-0.1, -0.05) is 24.3 Å². The summed E-state index contributed by atoms with van der Waals surface area (Å²) >= 11 is 0. The van der Waals surface area contributed by atoms with E-state index in [1.54, 1.807) is 21.3 Å². The van der Waals surface area contributed by atoms with Crippen LogP contribution < -0.4 is 20.1 Å². The number of guanidine groups is 1. The minimum Gasteiger partial charge on any atom is -0.493 e. The highest BCUT2D eigenvalue weighted by atomic mass is 16.5. The number of furan rings is 1. The normalized spacial score (nSPS) is 12.8. The summed E-state index contributed by atoms with van der Waals surface area (Å²) in [6, 6.07) is 14.2. The zero-order valence-electron chi connectivity index (χ0n) is 19.2. The Bertz CT molecular complexity index is 1040. The summed E-state index contributed by atoms with van der Waals surface area (Å²) < 4.78 is 16.8. The molecule has 0 saturated carbocycles. The lowest BCUT2D eigenvalue weighted by atomic mass is 10.1. The molecule has 0 aliphatic rings. The molecule has 1 atom stereocenters. The summed E-state index contributed by atoms with van der Waals surface area (Å²) in [5.74, 6) is 3.06. The second kappa shape index (κ2) is 10.2. The number of benzene rings is 2. The Morgan fingerprint density at radius 3 is 2.45 bits per heavy atom. The fraction of sp³-hybridized carbons (Fsp3) is 0.375. The third kappa shape index (κ3) is 5.11. The van der Waals surface area contributed by atoms with Crippen LogP contribution in [-0.2, 0) is 6.54 Å². The fourth-order valence-corrected chi connectivity index (χ4v) is 3.63. The number of fused-ring (bicyclic) bond motifs is 1. The van der Waals surface area contributed by atoms with Crippen LogP contribution >= 0.6 is 0 Å². The lowest BCUT2D eigenvalue weighted by Gasteiger charge is -2.26. The van der Waals surface area contributed by atoms with Crippen molar-refractivity contribution >= 4 is 16.9 Å². The summed E-state index contributed by atoms with van der Waals surface area (Å²) in [5.41, 5.74) is 3.18. The average molecular weight is 425 g/mol. The molecule has 7 nitrogen and oxygen atoms in total. The van der Waals surface area contributed by atoms with E-state index in [1.165, 1.54) is 0 Å². The molecule has 0 bridgehead atoms. The summed E-state index contributed by atoms with van der Waals surface area (Å²) in [7, 11) is 9.16. The first kappa shape index (κ1) is 22.5. The maximum atomic E-state index is 5.99. The van der Waals surface area contributed by atoms with E-state index in [4.69, 9.17) is 13.9 Å². The fourth-order valence-electron chi connectivity index (χ4n) is 3.63. The molecule has 1 heterocycles. The number of nitrogens with zero attached hydrogens (tertiary/aromatic N) is 2. The SMILES string of the molecule is CN=C(NCc1oc2ccccc2c1C)NCC(c1ccc(OC)c(OC)c1)N(C)C. The van der Waals surface area contributed by atoms with Gasteiger partial charge in [0.1, 0.15) is 11.3 Å². The highest BCUT2D eigenvalue weighted by Crippen LogP contribution is 2.31. The number of hydrogen-bond acceptors (Lipinski definition) is 5. The Kier molecular flexibility index (Phi) is 7.41. The van der Waals surface area contributed by atoms with Gasteiger partial charge in [-0.05, 0) is 44.8 Å². The molecule has 0 radical (unpaired) electrons. The van der Waals surface area contributed by atoms with Crippen LogP contribution in [-0.4, -0.2) is 52.8 Å². The van der Waals surface area contributed by atoms with Gasteiger partial charge in [0.15, 0.2) is 17.5 Å². The van der Waals surface area contributed by atoms with Crippen molar-refractivity contribution in [1.29, 1.82) is 0 Å². The average Bonchev–Trinajstić information content (AvgIpc) is 3.11. The van der Waals surface area contributed by atoms with Crippen LogP contribution in [0, 0.1) is 6.92 Å². The molecule has 166 valence electrons. The second-order valence-corrected chi connectivity index (χ2v) is 7.55. The van der Waals surface area contributed by atoms with Gasteiger partial charge >= 0.3 is 0 Å². The lowest BCUT2D eigenvalue weighted by molar-refractivity contribution is 0.295. The Morgan fingerprint density at radius 2 is 1.81 bits per heavy atom. The molecule has 3 rings (SSSR count). The number of nitrogens with one attached hydrogen (secondary N) is 2. The van der Waals surface area contributed by atoms with Crippen molar-refractivity contribution in [3.8, 4) is 11.5 Å². The number of hydrogen-bond donors (Lipinski definition) is 2. The van der Waals surface area contributed by atoms with Crippen molar-refractivity contribution < 1.29 is 13.9 Å². The predicted octanol–water partition coefficient (Wildman–Crippen LogP) is 3.73. The smallest absolute Gasteiger partial charge is 0.191 e. The Morgan fingerprint density at radius 1 is 1.06 bits per heavy atom. The topological polar surface area (TPSA) is 71.3 Å². The Hall–Kier alpha value is -3.19. The van der Waals surface area contributed by atoms with Crippen LogP contribution in [0.2, 0.25) is 0 Å². The van der Waals surface area contributed by atoms with Crippen LogP contribution in [0.25, 0.3) is 11.0 Å². The number of aryl methyl sites for hydroxylation is 1. The molecule has 0 amide bonds. The first-order valence-electron chi connectivity index (χ1n) is 10.3. The molecule has 3 aromatic rings. The Labute approximate surface area is 184 Å². The van der Waals surface area contributed by atoms with Crippen molar-refractivity contribution in [2.24, 2.45) is 4.99 Å². The predicted molar refractivity (Wildman–Crippen MR) is 125 cm³/mol. The van der Waals surface area contributed by atoms with Crippen LogP contribution in [0.3, 0.4) is 0 Å². The molecular formula is C24H32N4O3. The van der Waals surface area contributed by atoms with Gasteiger partial charge in [-0.25, -0.2) is 0 Å². The lowest BCUT2D eigenvalue weighted by Crippen LogP contribution is -2.41. The molecule has 2 N–H and O–H groups in total. The van der Waals surface area contributed by atoms with Gasteiger partial charge in [0.2, 0.25) is 0 Å². The van der Waals surface area contributed by atoms with E-state index in [0.717, 1.165) is 39.4 Å². The third-order valence-electron chi connectivity index (χ3n) is 5.46. The summed E-state index contributed by atoms with van der Waals surface area (Å²) in [4.78, 5) is 6.52. The molecule has 0 fully saturated rings. The van der Waals surface area contributed by atoms with E-state index in [0.29, 0.717) is 19.0 Å². The maximum absolute atomic E-state index is 5.99. The zero-order valence-corrected chi connectivity index (χ0v) is 19.2. The summed E-state index contributed by atoms with van der Waals surface area (Å²) in [6.45, 7) is 3.31. The van der Waals surface area contributed by atoms with Crippen molar-refractivity contribution in [3.63, 3.8) is 0 Å². The number of ether oxygens (including phenoxy) is 2. The van der Waals surface area contributed by atoms with Gasteiger partial charge in [0, 0.05) is 24.5 Å². The summed E-state index contributed by atoms with van der Waals surface area (Å²) in [5, 5.41) is 7.92. The Balaban J connectivity index is 1.67. The van der Waals surface area contributed by atoms with Gasteiger partial charge in [-0.2, -0.15) is 0 Å². The largest absolute Gasteiger partial charge is 0.493 e. The first-order valence-corrected chi connectivity index (χ1v) is 10.3. The van der Waals surface area contributed by atoms with Gasteiger partial charge < -0.3 is 29.4 Å². The first-order chi connectivity index (χ1) is 15.0. The van der Waals surface area contributed by atoms with E-state index >= 15 is 0 Å². The number of methoxy groups -OCH3 is 2. The van der Waals surface area contributed by atoms with Crippen LogP contribution in [0.15, 0.2) is 51.9 Å². The zero-order chi connectivity index (χ0) is 22.4. The molecule has 0 aliphatic carbocycles. The van der Waals surface area contributed by atoms with E-state index in [9.17, 15) is 0 Å². The monoisotopic (exact) mass is 424 g/mol. The molecule has 0 saturated heterocycles. The van der Waals surface area contributed by atoms with E-state index in [1.807, 2.05) is 30.3 Å². The van der Waals surface area contributed by atoms with E-state index in [2.05, 4.69) is 53.7 Å². The van der Waals surface area contributed by atoms with E-state index in [-0.39, 0.29) is 6.04 Å². The van der Waals surface area contributed by atoms with Crippen LogP contribution in [0.1, 0.15) is 22.9 Å². The van der Waals surface area contributed by atoms with Crippen LogP contribution in [0.5, 0.6) is 11.5 Å². The molecule has 1 aromatic heterocycles. The minimum atomic E-state index is 0.117.